The number of anilines is 1. The third kappa shape index (κ3) is 3.80. The average molecular weight is 298 g/mol. The summed E-state index contributed by atoms with van der Waals surface area (Å²) in [6, 6.07) is 5.58. The molecule has 0 bridgehead atoms. The number of aryl methyl sites for hydroxylation is 1. The number of amides is 1. The zero-order valence-corrected chi connectivity index (χ0v) is 11.5. The van der Waals surface area contributed by atoms with Crippen LogP contribution in [0.25, 0.3) is 0 Å². The van der Waals surface area contributed by atoms with Crippen LogP contribution in [0.3, 0.4) is 0 Å². The maximum Gasteiger partial charge on any atom is 0.235 e. The fraction of sp³-hybridized carbons (Fsp3) is 0.231. The predicted octanol–water partition coefficient (Wildman–Crippen LogP) is 3.13. The highest BCUT2D eigenvalue weighted by Crippen LogP contribution is 2.18. The number of thioether (sulfide) groups is 1. The first-order chi connectivity index (χ1) is 9.56. The Morgan fingerprint density at radius 2 is 2.25 bits per heavy atom. The van der Waals surface area contributed by atoms with E-state index in [1.807, 2.05) is 0 Å². The van der Waals surface area contributed by atoms with Gasteiger partial charge in [0.05, 0.1) is 5.75 Å². The quantitative estimate of drug-likeness (QED) is 0.921. The highest BCUT2D eigenvalue weighted by Gasteiger charge is 2.10. The van der Waals surface area contributed by atoms with Gasteiger partial charge >= 0.3 is 0 Å². The molecule has 1 aromatic heterocycles. The maximum atomic E-state index is 13.4. The van der Waals surface area contributed by atoms with Crippen LogP contribution < -0.4 is 5.32 Å². The van der Waals surface area contributed by atoms with Gasteiger partial charge in [-0.05, 0) is 13.0 Å². The molecule has 0 aliphatic rings. The molecule has 1 N–H and O–H groups in total. The first-order valence-corrected chi connectivity index (χ1v) is 6.95. The van der Waals surface area contributed by atoms with Gasteiger partial charge in [0.1, 0.15) is 5.76 Å². The molecule has 7 heteroatoms. The van der Waals surface area contributed by atoms with Gasteiger partial charge in [-0.3, -0.25) is 4.79 Å². The van der Waals surface area contributed by atoms with Gasteiger partial charge in [-0.15, -0.1) is 11.8 Å². The summed E-state index contributed by atoms with van der Waals surface area (Å²) >= 11 is 1.19. The van der Waals surface area contributed by atoms with Gasteiger partial charge in [0.2, 0.25) is 5.91 Å². The second-order valence-corrected chi connectivity index (χ2v) is 5.06. The standard InChI is InChI=1S/C13H12F2N2O2S/c1-8-5-11(17-19-8)16-12(18)7-20-6-9-3-2-4-10(14)13(9)15/h2-5H,6-7H2,1H3,(H,16,17,18). The Kier molecular flexibility index (Phi) is 4.73. The third-order valence-electron chi connectivity index (χ3n) is 2.42. The lowest BCUT2D eigenvalue weighted by atomic mass is 10.2. The van der Waals surface area contributed by atoms with Gasteiger partial charge in [-0.1, -0.05) is 17.3 Å². The van der Waals surface area contributed by atoms with E-state index >= 15 is 0 Å². The molecule has 4 nitrogen and oxygen atoms in total. The predicted molar refractivity (Wildman–Crippen MR) is 72.4 cm³/mol. The molecule has 2 rings (SSSR count). The minimum atomic E-state index is -0.884. The van der Waals surface area contributed by atoms with Crippen molar-refractivity contribution in [3.63, 3.8) is 0 Å². The van der Waals surface area contributed by atoms with E-state index < -0.39 is 11.6 Å². The Bertz CT molecular complexity index is 616. The number of nitrogens with one attached hydrogen (secondary N) is 1. The van der Waals surface area contributed by atoms with Crippen LogP contribution in [0, 0.1) is 18.6 Å². The summed E-state index contributed by atoms with van der Waals surface area (Å²) in [6.07, 6.45) is 0. The number of carbonyl (C=O) groups is 1. The van der Waals surface area contributed by atoms with E-state index in [1.54, 1.807) is 13.0 Å². The number of hydrogen-bond acceptors (Lipinski definition) is 4. The van der Waals surface area contributed by atoms with Gasteiger partial charge < -0.3 is 9.84 Å². The van der Waals surface area contributed by atoms with Crippen LogP contribution in [-0.4, -0.2) is 16.8 Å². The van der Waals surface area contributed by atoms with E-state index in [4.69, 9.17) is 4.52 Å². The SMILES string of the molecule is Cc1cc(NC(=O)CSCc2cccc(F)c2F)no1. The van der Waals surface area contributed by atoms with Crippen molar-refractivity contribution in [1.29, 1.82) is 0 Å². The summed E-state index contributed by atoms with van der Waals surface area (Å²) in [5.74, 6) is -0.769. The Balaban J connectivity index is 1.81. The fourth-order valence-electron chi connectivity index (χ4n) is 1.52. The van der Waals surface area contributed by atoms with Crippen molar-refractivity contribution in [1.82, 2.24) is 5.16 Å². The van der Waals surface area contributed by atoms with E-state index in [1.165, 1.54) is 23.9 Å². The van der Waals surface area contributed by atoms with E-state index in [0.29, 0.717) is 11.6 Å². The Morgan fingerprint density at radius 1 is 1.45 bits per heavy atom. The van der Waals surface area contributed by atoms with Gasteiger partial charge in [-0.25, -0.2) is 8.78 Å². The lowest BCUT2D eigenvalue weighted by Gasteiger charge is -2.04. The van der Waals surface area contributed by atoms with Crippen LogP contribution in [0.1, 0.15) is 11.3 Å². The van der Waals surface area contributed by atoms with Crippen LogP contribution in [0.5, 0.6) is 0 Å². The summed E-state index contributed by atoms with van der Waals surface area (Å²) < 4.78 is 31.1. The molecule has 0 aliphatic heterocycles. The van der Waals surface area contributed by atoms with E-state index in [2.05, 4.69) is 10.5 Å². The fourth-order valence-corrected chi connectivity index (χ4v) is 2.32. The zero-order valence-electron chi connectivity index (χ0n) is 10.7. The molecule has 106 valence electrons. The molecule has 2 aromatic rings. The number of halogens is 2. The van der Waals surface area contributed by atoms with E-state index in [0.717, 1.165) is 6.07 Å². The van der Waals surface area contributed by atoms with Crippen molar-refractivity contribution in [3.05, 3.63) is 47.2 Å². The number of hydrogen-bond donors (Lipinski definition) is 1. The third-order valence-corrected chi connectivity index (χ3v) is 3.40. The largest absolute Gasteiger partial charge is 0.360 e. The molecule has 0 fully saturated rings. The molecule has 0 saturated heterocycles. The molecule has 20 heavy (non-hydrogen) atoms. The number of rotatable bonds is 5. The number of carbonyl (C=O) groups excluding carboxylic acids is 1. The van der Waals surface area contributed by atoms with Crippen LogP contribution in [0.4, 0.5) is 14.6 Å². The van der Waals surface area contributed by atoms with Crippen LogP contribution in [0.2, 0.25) is 0 Å². The van der Waals surface area contributed by atoms with Crippen molar-refractivity contribution in [2.24, 2.45) is 0 Å². The lowest BCUT2D eigenvalue weighted by molar-refractivity contribution is -0.113. The molecule has 1 aromatic carbocycles. The van der Waals surface area contributed by atoms with Gasteiger partial charge in [-0.2, -0.15) is 0 Å². The Hall–Kier alpha value is -1.89. The summed E-state index contributed by atoms with van der Waals surface area (Å²) in [7, 11) is 0. The summed E-state index contributed by atoms with van der Waals surface area (Å²) in [5, 5.41) is 6.16. The first kappa shape index (κ1) is 14.5. The molecule has 1 heterocycles. The van der Waals surface area contributed by atoms with Gasteiger partial charge in [0.15, 0.2) is 17.5 Å². The Labute approximate surface area is 118 Å². The average Bonchev–Trinajstić information content (AvgIpc) is 2.80. The van der Waals surface area contributed by atoms with Crippen molar-refractivity contribution < 1.29 is 18.1 Å². The highest BCUT2D eigenvalue weighted by atomic mass is 32.2. The molecule has 1 amide bonds. The molecule has 0 saturated carbocycles. The van der Waals surface area contributed by atoms with Crippen molar-refractivity contribution >= 4 is 23.5 Å². The van der Waals surface area contributed by atoms with Crippen molar-refractivity contribution in [2.45, 2.75) is 12.7 Å². The molecule has 0 atom stereocenters. The highest BCUT2D eigenvalue weighted by molar-refractivity contribution is 7.99. The van der Waals surface area contributed by atoms with E-state index in [9.17, 15) is 13.6 Å². The first-order valence-electron chi connectivity index (χ1n) is 5.80. The topological polar surface area (TPSA) is 55.1 Å². The van der Waals surface area contributed by atoms with Crippen LogP contribution >= 0.6 is 11.8 Å². The monoisotopic (exact) mass is 298 g/mol. The lowest BCUT2D eigenvalue weighted by Crippen LogP contribution is -2.14. The minimum Gasteiger partial charge on any atom is -0.360 e. The van der Waals surface area contributed by atoms with Crippen molar-refractivity contribution in [2.75, 3.05) is 11.1 Å². The van der Waals surface area contributed by atoms with Crippen molar-refractivity contribution in [3.8, 4) is 0 Å². The molecule has 0 unspecified atom stereocenters. The van der Waals surface area contributed by atoms with Gasteiger partial charge in [0, 0.05) is 17.4 Å². The Morgan fingerprint density at radius 3 is 2.95 bits per heavy atom. The van der Waals surface area contributed by atoms with Crippen LogP contribution in [0.15, 0.2) is 28.8 Å². The summed E-state index contributed by atoms with van der Waals surface area (Å²) in [6.45, 7) is 1.71. The number of aromatic nitrogens is 1. The molecule has 0 aliphatic carbocycles. The van der Waals surface area contributed by atoms with E-state index in [-0.39, 0.29) is 23.0 Å². The minimum absolute atomic E-state index is 0.113. The van der Waals surface area contributed by atoms with Gasteiger partial charge in [0.25, 0.3) is 0 Å². The second-order valence-electron chi connectivity index (χ2n) is 4.08. The second kappa shape index (κ2) is 6.51. The molecular weight excluding hydrogens is 286 g/mol. The molecule has 0 spiro atoms. The maximum absolute atomic E-state index is 13.4. The zero-order chi connectivity index (χ0) is 14.5. The summed E-state index contributed by atoms with van der Waals surface area (Å²) in [5.41, 5.74) is 0.236. The normalized spacial score (nSPS) is 10.6. The molecular formula is C13H12F2N2O2S. The molecule has 0 radical (unpaired) electrons. The smallest absolute Gasteiger partial charge is 0.235 e. The number of benzene rings is 1. The van der Waals surface area contributed by atoms with Crippen LogP contribution in [-0.2, 0) is 10.5 Å². The number of nitrogens with zero attached hydrogens (tertiary/aromatic N) is 1. The summed E-state index contributed by atoms with van der Waals surface area (Å²) in [4.78, 5) is 11.6.